The van der Waals surface area contributed by atoms with Crippen LogP contribution in [-0.4, -0.2) is 33.3 Å². The predicted octanol–water partition coefficient (Wildman–Crippen LogP) is 3.04. The highest BCUT2D eigenvalue weighted by Crippen LogP contribution is 2.21. The monoisotopic (exact) mass is 272 g/mol. The zero-order valence-electron chi connectivity index (χ0n) is 12.9. The summed E-state index contributed by atoms with van der Waals surface area (Å²) in [5, 5.41) is 4.42. The summed E-state index contributed by atoms with van der Waals surface area (Å²) in [5.41, 5.74) is 2.60. The molecule has 2 aromatic rings. The molecule has 0 amide bonds. The molecule has 0 bridgehead atoms. The molecule has 0 saturated heterocycles. The Morgan fingerprint density at radius 3 is 2.65 bits per heavy atom. The maximum absolute atomic E-state index is 4.49. The molecule has 4 heteroatoms. The number of aryl methyl sites for hydroxylation is 1. The van der Waals surface area contributed by atoms with E-state index >= 15 is 0 Å². The van der Waals surface area contributed by atoms with Crippen LogP contribution in [0.3, 0.4) is 0 Å². The van der Waals surface area contributed by atoms with Crippen molar-refractivity contribution in [3.8, 4) is 0 Å². The lowest BCUT2D eigenvalue weighted by Gasteiger charge is -2.25. The van der Waals surface area contributed by atoms with Crippen molar-refractivity contribution in [3.05, 3.63) is 47.5 Å². The van der Waals surface area contributed by atoms with Crippen molar-refractivity contribution in [1.29, 1.82) is 0 Å². The van der Waals surface area contributed by atoms with Crippen LogP contribution >= 0.6 is 0 Å². The minimum Gasteiger partial charge on any atom is -0.297 e. The van der Waals surface area contributed by atoms with Crippen LogP contribution in [0.5, 0.6) is 0 Å². The third kappa shape index (κ3) is 3.07. The maximum atomic E-state index is 4.49. The van der Waals surface area contributed by atoms with Gasteiger partial charge in [-0.05, 0) is 38.1 Å². The molecule has 0 radical (unpaired) electrons. The van der Waals surface area contributed by atoms with Gasteiger partial charge in [0, 0.05) is 0 Å². The second-order valence-corrected chi connectivity index (χ2v) is 5.20. The highest BCUT2D eigenvalue weighted by atomic mass is 15.4. The minimum atomic E-state index is 0.325. The van der Waals surface area contributed by atoms with Gasteiger partial charge >= 0.3 is 0 Å². The van der Waals surface area contributed by atoms with Crippen LogP contribution < -0.4 is 0 Å². The van der Waals surface area contributed by atoms with E-state index in [1.807, 2.05) is 4.68 Å². The standard InChI is InChI=1S/C16H24N4/c1-5-15(19(4)6-2)16-17-12-18-20(16)11-14-10-8-7-9-13(14)3/h7-10,12,15H,5-6,11H2,1-4H3. The average Bonchev–Trinajstić information content (AvgIpc) is 2.90. The Bertz CT molecular complexity index is 547. The van der Waals surface area contributed by atoms with E-state index in [9.17, 15) is 0 Å². The predicted molar refractivity (Wildman–Crippen MR) is 81.6 cm³/mol. The van der Waals surface area contributed by atoms with Gasteiger partial charge in [0.25, 0.3) is 0 Å². The van der Waals surface area contributed by atoms with Crippen molar-refractivity contribution < 1.29 is 0 Å². The van der Waals surface area contributed by atoms with Gasteiger partial charge in [-0.1, -0.05) is 38.1 Å². The smallest absolute Gasteiger partial charge is 0.144 e. The molecule has 1 unspecified atom stereocenters. The van der Waals surface area contributed by atoms with Gasteiger partial charge in [0.15, 0.2) is 0 Å². The molecule has 20 heavy (non-hydrogen) atoms. The fourth-order valence-electron chi connectivity index (χ4n) is 2.51. The Morgan fingerprint density at radius 2 is 2.00 bits per heavy atom. The van der Waals surface area contributed by atoms with Crippen molar-refractivity contribution >= 4 is 0 Å². The van der Waals surface area contributed by atoms with Gasteiger partial charge in [-0.25, -0.2) is 9.67 Å². The van der Waals surface area contributed by atoms with Crippen LogP contribution in [0.4, 0.5) is 0 Å². The molecule has 0 spiro atoms. The molecule has 108 valence electrons. The van der Waals surface area contributed by atoms with Gasteiger partial charge < -0.3 is 0 Å². The van der Waals surface area contributed by atoms with E-state index < -0.39 is 0 Å². The molecular formula is C16H24N4. The number of hydrogen-bond donors (Lipinski definition) is 0. The van der Waals surface area contributed by atoms with Crippen LogP contribution in [0.1, 0.15) is 43.3 Å². The Morgan fingerprint density at radius 1 is 1.25 bits per heavy atom. The summed E-state index contributed by atoms with van der Waals surface area (Å²) >= 11 is 0. The second-order valence-electron chi connectivity index (χ2n) is 5.20. The van der Waals surface area contributed by atoms with Crippen LogP contribution in [-0.2, 0) is 6.54 Å². The molecule has 4 nitrogen and oxygen atoms in total. The Kier molecular flexibility index (Phi) is 4.90. The van der Waals surface area contributed by atoms with Gasteiger partial charge in [0.05, 0.1) is 12.6 Å². The summed E-state index contributed by atoms with van der Waals surface area (Å²) in [6, 6.07) is 8.77. The molecule has 0 saturated carbocycles. The van der Waals surface area contributed by atoms with E-state index in [1.54, 1.807) is 6.33 Å². The lowest BCUT2D eigenvalue weighted by Crippen LogP contribution is -2.27. The van der Waals surface area contributed by atoms with Gasteiger partial charge in [-0.3, -0.25) is 4.90 Å². The van der Waals surface area contributed by atoms with Crippen LogP contribution in [0.2, 0.25) is 0 Å². The third-order valence-corrected chi connectivity index (χ3v) is 3.94. The molecule has 0 aliphatic rings. The van der Waals surface area contributed by atoms with E-state index in [0.29, 0.717) is 6.04 Å². The Labute approximate surface area is 121 Å². The normalized spacial score (nSPS) is 12.8. The molecule has 2 rings (SSSR count). The lowest BCUT2D eigenvalue weighted by atomic mass is 10.1. The molecule has 0 fully saturated rings. The van der Waals surface area contributed by atoms with Gasteiger partial charge in [0.1, 0.15) is 12.2 Å². The summed E-state index contributed by atoms with van der Waals surface area (Å²) in [4.78, 5) is 6.81. The van der Waals surface area contributed by atoms with E-state index in [4.69, 9.17) is 0 Å². The SMILES string of the molecule is CCC(c1ncnn1Cc1ccccc1C)N(C)CC. The van der Waals surface area contributed by atoms with Crippen molar-refractivity contribution in [3.63, 3.8) is 0 Å². The van der Waals surface area contributed by atoms with Crippen molar-refractivity contribution in [2.24, 2.45) is 0 Å². The Hall–Kier alpha value is -1.68. The first kappa shape index (κ1) is 14.7. The number of benzene rings is 1. The number of nitrogens with zero attached hydrogens (tertiary/aromatic N) is 4. The highest BCUT2D eigenvalue weighted by Gasteiger charge is 2.19. The summed E-state index contributed by atoms with van der Waals surface area (Å²) in [7, 11) is 2.14. The first-order valence-electron chi connectivity index (χ1n) is 7.29. The molecule has 1 heterocycles. The largest absolute Gasteiger partial charge is 0.297 e. The topological polar surface area (TPSA) is 34.0 Å². The highest BCUT2D eigenvalue weighted by molar-refractivity contribution is 5.25. The van der Waals surface area contributed by atoms with E-state index in [0.717, 1.165) is 25.3 Å². The number of rotatable bonds is 6. The summed E-state index contributed by atoms with van der Waals surface area (Å²) in [5.74, 6) is 1.06. The minimum absolute atomic E-state index is 0.325. The quantitative estimate of drug-likeness (QED) is 0.810. The van der Waals surface area contributed by atoms with Crippen molar-refractivity contribution in [1.82, 2.24) is 19.7 Å². The van der Waals surface area contributed by atoms with Crippen molar-refractivity contribution in [2.45, 2.75) is 39.8 Å². The molecular weight excluding hydrogens is 248 g/mol. The van der Waals surface area contributed by atoms with E-state index in [-0.39, 0.29) is 0 Å². The first-order valence-corrected chi connectivity index (χ1v) is 7.29. The summed E-state index contributed by atoms with van der Waals surface area (Å²) in [6.45, 7) is 8.31. The van der Waals surface area contributed by atoms with Gasteiger partial charge in [-0.2, -0.15) is 5.10 Å². The van der Waals surface area contributed by atoms with Gasteiger partial charge in [0.2, 0.25) is 0 Å². The van der Waals surface area contributed by atoms with Gasteiger partial charge in [-0.15, -0.1) is 0 Å². The Balaban J connectivity index is 2.26. The van der Waals surface area contributed by atoms with Crippen LogP contribution in [0.15, 0.2) is 30.6 Å². The molecule has 0 N–H and O–H groups in total. The fourth-order valence-corrected chi connectivity index (χ4v) is 2.51. The lowest BCUT2D eigenvalue weighted by molar-refractivity contribution is 0.234. The second kappa shape index (κ2) is 6.66. The number of aromatic nitrogens is 3. The molecule has 1 aromatic heterocycles. The van der Waals surface area contributed by atoms with E-state index in [2.05, 4.69) is 67.1 Å². The zero-order chi connectivity index (χ0) is 14.5. The average molecular weight is 272 g/mol. The first-order chi connectivity index (χ1) is 9.67. The molecule has 0 aliphatic heterocycles. The molecule has 0 aliphatic carbocycles. The fraction of sp³-hybridized carbons (Fsp3) is 0.500. The summed E-state index contributed by atoms with van der Waals surface area (Å²) < 4.78 is 2.03. The molecule has 1 aromatic carbocycles. The third-order valence-electron chi connectivity index (χ3n) is 3.94. The van der Waals surface area contributed by atoms with Crippen LogP contribution in [0.25, 0.3) is 0 Å². The number of hydrogen-bond acceptors (Lipinski definition) is 3. The summed E-state index contributed by atoms with van der Waals surface area (Å²) in [6.07, 6.45) is 2.70. The maximum Gasteiger partial charge on any atom is 0.144 e. The van der Waals surface area contributed by atoms with E-state index in [1.165, 1.54) is 11.1 Å². The van der Waals surface area contributed by atoms with Crippen molar-refractivity contribution in [2.75, 3.05) is 13.6 Å². The molecule has 1 atom stereocenters. The zero-order valence-corrected chi connectivity index (χ0v) is 12.9. The van der Waals surface area contributed by atoms with Crippen LogP contribution in [0, 0.1) is 6.92 Å².